The van der Waals surface area contributed by atoms with Gasteiger partial charge in [0, 0.05) is 38.9 Å². The van der Waals surface area contributed by atoms with Gasteiger partial charge < -0.3 is 21.3 Å². The molecule has 1 fully saturated rings. The van der Waals surface area contributed by atoms with Gasteiger partial charge in [-0.1, -0.05) is 23.7 Å². The molecule has 1 aromatic heterocycles. The minimum absolute atomic E-state index is 0.165. The van der Waals surface area contributed by atoms with E-state index in [4.69, 9.17) is 17.3 Å². The summed E-state index contributed by atoms with van der Waals surface area (Å²) in [6, 6.07) is 9.88. The van der Waals surface area contributed by atoms with Crippen molar-refractivity contribution in [2.75, 3.05) is 31.6 Å². The molecule has 0 radical (unpaired) electrons. The maximum absolute atomic E-state index is 13.1. The lowest BCUT2D eigenvalue weighted by molar-refractivity contribution is -0.121. The molecule has 2 atom stereocenters. The topological polar surface area (TPSA) is 95.6 Å². The van der Waals surface area contributed by atoms with E-state index in [1.165, 1.54) is 12.1 Å². The van der Waals surface area contributed by atoms with Crippen LogP contribution in [-0.4, -0.2) is 49.6 Å². The number of pyridine rings is 1. The Kier molecular flexibility index (Phi) is 7.46. The van der Waals surface area contributed by atoms with Crippen molar-refractivity contribution in [1.29, 1.82) is 0 Å². The van der Waals surface area contributed by atoms with Gasteiger partial charge >= 0.3 is 0 Å². The minimum atomic E-state index is -0.443. The van der Waals surface area contributed by atoms with E-state index in [1.54, 1.807) is 25.4 Å². The largest absolute Gasteiger partial charge is 0.369 e. The number of benzene rings is 1. The second kappa shape index (κ2) is 10.2. The maximum Gasteiger partial charge on any atom is 0.222 e. The highest BCUT2D eigenvalue weighted by Gasteiger charge is 2.26. The van der Waals surface area contributed by atoms with Gasteiger partial charge in [0.2, 0.25) is 5.91 Å². The number of hydrogen-bond donors (Lipinski definition) is 3. The van der Waals surface area contributed by atoms with E-state index in [9.17, 15) is 9.18 Å². The summed E-state index contributed by atoms with van der Waals surface area (Å²) in [7, 11) is 1.68. The number of guanidine groups is 1. The van der Waals surface area contributed by atoms with Crippen LogP contribution < -0.4 is 21.3 Å². The van der Waals surface area contributed by atoms with Crippen LogP contribution in [-0.2, 0) is 11.2 Å². The predicted octanol–water partition coefficient (Wildman–Crippen LogP) is 1.96. The van der Waals surface area contributed by atoms with Crippen LogP contribution in [0.3, 0.4) is 0 Å². The predicted molar refractivity (Wildman–Crippen MR) is 117 cm³/mol. The lowest BCUT2D eigenvalue weighted by atomic mass is 9.98. The van der Waals surface area contributed by atoms with Crippen molar-refractivity contribution >= 4 is 29.3 Å². The normalized spacial score (nSPS) is 17.6. The number of aliphatic imine (C=N–C) groups is 1. The summed E-state index contributed by atoms with van der Waals surface area (Å²) < 4.78 is 13.1. The molecule has 1 aliphatic heterocycles. The number of aromatic nitrogens is 1. The Bertz CT molecular complexity index is 891. The molecule has 3 rings (SSSR count). The van der Waals surface area contributed by atoms with Crippen molar-refractivity contribution in [3.63, 3.8) is 0 Å². The SMILES string of the molecule is CN=C(NCC(Cc1ccc(F)cc1)C(N)=O)NC1CCN(c2ncccc2Cl)C1. The number of hydrogen-bond acceptors (Lipinski definition) is 4. The van der Waals surface area contributed by atoms with Crippen molar-refractivity contribution in [3.8, 4) is 0 Å². The monoisotopic (exact) mass is 432 g/mol. The van der Waals surface area contributed by atoms with E-state index < -0.39 is 11.8 Å². The van der Waals surface area contributed by atoms with Gasteiger partial charge in [0.05, 0.1) is 10.9 Å². The number of amides is 1. The fraction of sp³-hybridized carbons (Fsp3) is 0.381. The number of anilines is 1. The van der Waals surface area contributed by atoms with Gasteiger partial charge in [-0.2, -0.15) is 0 Å². The molecule has 2 unspecified atom stereocenters. The molecule has 30 heavy (non-hydrogen) atoms. The quantitative estimate of drug-likeness (QED) is 0.459. The van der Waals surface area contributed by atoms with Gasteiger partial charge in [-0.15, -0.1) is 0 Å². The summed E-state index contributed by atoms with van der Waals surface area (Å²) in [5.41, 5.74) is 6.41. The Morgan fingerprint density at radius 1 is 1.40 bits per heavy atom. The van der Waals surface area contributed by atoms with E-state index >= 15 is 0 Å². The summed E-state index contributed by atoms with van der Waals surface area (Å²) in [5, 5.41) is 7.18. The lowest BCUT2D eigenvalue weighted by Crippen LogP contribution is -2.47. The summed E-state index contributed by atoms with van der Waals surface area (Å²) in [6.45, 7) is 1.90. The van der Waals surface area contributed by atoms with Crippen molar-refractivity contribution in [2.45, 2.75) is 18.9 Å². The first kappa shape index (κ1) is 21.8. The summed E-state index contributed by atoms with van der Waals surface area (Å²) in [5.74, 6) is 0.203. The maximum atomic E-state index is 13.1. The summed E-state index contributed by atoms with van der Waals surface area (Å²) >= 11 is 6.25. The van der Waals surface area contributed by atoms with Crippen LogP contribution >= 0.6 is 11.6 Å². The number of nitrogens with two attached hydrogens (primary N) is 1. The molecule has 4 N–H and O–H groups in total. The third kappa shape index (κ3) is 5.82. The minimum Gasteiger partial charge on any atom is -0.369 e. The molecule has 0 saturated carbocycles. The average molecular weight is 433 g/mol. The third-order valence-corrected chi connectivity index (χ3v) is 5.40. The average Bonchev–Trinajstić information content (AvgIpc) is 3.19. The number of nitrogens with one attached hydrogen (secondary N) is 2. The molecule has 0 spiro atoms. The molecule has 1 aliphatic rings. The van der Waals surface area contributed by atoms with Crippen LogP contribution in [0.15, 0.2) is 47.6 Å². The van der Waals surface area contributed by atoms with Crippen LogP contribution in [0, 0.1) is 11.7 Å². The fourth-order valence-electron chi connectivity index (χ4n) is 3.47. The molecule has 1 saturated heterocycles. The zero-order valence-electron chi connectivity index (χ0n) is 16.8. The molecule has 1 aromatic carbocycles. The van der Waals surface area contributed by atoms with Crippen molar-refractivity contribution in [3.05, 3.63) is 59.0 Å². The molecule has 9 heteroatoms. The molecule has 1 amide bonds. The Morgan fingerprint density at radius 2 is 2.17 bits per heavy atom. The van der Waals surface area contributed by atoms with Crippen LogP contribution in [0.4, 0.5) is 10.2 Å². The molecule has 0 aliphatic carbocycles. The van der Waals surface area contributed by atoms with Crippen molar-refractivity contribution in [1.82, 2.24) is 15.6 Å². The van der Waals surface area contributed by atoms with Crippen LogP contribution in [0.1, 0.15) is 12.0 Å². The highest BCUT2D eigenvalue weighted by atomic mass is 35.5. The molecule has 2 heterocycles. The first-order chi connectivity index (χ1) is 14.5. The standard InChI is InChI=1S/C21H26ClFN6O/c1-25-21(27-12-15(19(24)30)11-14-4-6-16(23)7-5-14)28-17-8-10-29(13-17)20-18(22)3-2-9-26-20/h2-7,9,15,17H,8,10-13H2,1H3,(H2,24,30)(H2,25,27,28). The van der Waals surface area contributed by atoms with Gasteiger partial charge in [0.25, 0.3) is 0 Å². The van der Waals surface area contributed by atoms with E-state index in [2.05, 4.69) is 25.5 Å². The van der Waals surface area contributed by atoms with Crippen LogP contribution in [0.2, 0.25) is 5.02 Å². The van der Waals surface area contributed by atoms with Crippen molar-refractivity contribution in [2.24, 2.45) is 16.6 Å². The smallest absolute Gasteiger partial charge is 0.222 e. The van der Waals surface area contributed by atoms with Gasteiger partial charge in [0.1, 0.15) is 11.6 Å². The second-order valence-corrected chi connectivity index (χ2v) is 7.67. The van der Waals surface area contributed by atoms with E-state index in [0.29, 0.717) is 23.9 Å². The molecular formula is C21H26ClFN6O. The number of nitrogens with zero attached hydrogens (tertiary/aromatic N) is 3. The van der Waals surface area contributed by atoms with E-state index in [0.717, 1.165) is 30.9 Å². The molecular weight excluding hydrogens is 407 g/mol. The molecule has 160 valence electrons. The Hall–Kier alpha value is -2.87. The second-order valence-electron chi connectivity index (χ2n) is 7.27. The molecule has 2 aromatic rings. The van der Waals surface area contributed by atoms with Crippen LogP contribution in [0.5, 0.6) is 0 Å². The highest BCUT2D eigenvalue weighted by Crippen LogP contribution is 2.25. The summed E-state index contributed by atoms with van der Waals surface area (Å²) in [6.07, 6.45) is 3.06. The zero-order chi connectivity index (χ0) is 21.5. The number of rotatable bonds is 7. The molecule has 0 bridgehead atoms. The van der Waals surface area contributed by atoms with E-state index in [-0.39, 0.29) is 11.9 Å². The van der Waals surface area contributed by atoms with Crippen molar-refractivity contribution < 1.29 is 9.18 Å². The van der Waals surface area contributed by atoms with Gasteiger partial charge in [-0.25, -0.2) is 9.37 Å². The summed E-state index contributed by atoms with van der Waals surface area (Å²) in [4.78, 5) is 22.6. The molecule has 7 nitrogen and oxygen atoms in total. The number of primary amides is 1. The zero-order valence-corrected chi connectivity index (χ0v) is 17.6. The number of carbonyl (C=O) groups excluding carboxylic acids is 1. The number of halogens is 2. The van der Waals surface area contributed by atoms with Gasteiger partial charge in [-0.05, 0) is 42.7 Å². The Labute approximate surface area is 180 Å². The number of carbonyl (C=O) groups is 1. The van der Waals surface area contributed by atoms with E-state index in [1.807, 2.05) is 12.1 Å². The first-order valence-electron chi connectivity index (χ1n) is 9.82. The lowest BCUT2D eigenvalue weighted by Gasteiger charge is -2.21. The Balaban J connectivity index is 1.53. The van der Waals surface area contributed by atoms with Crippen LogP contribution in [0.25, 0.3) is 0 Å². The highest BCUT2D eigenvalue weighted by molar-refractivity contribution is 6.32. The third-order valence-electron chi connectivity index (χ3n) is 5.10. The van der Waals surface area contributed by atoms with Gasteiger partial charge in [0.15, 0.2) is 5.96 Å². The first-order valence-corrected chi connectivity index (χ1v) is 10.2. The van der Waals surface area contributed by atoms with Gasteiger partial charge in [-0.3, -0.25) is 9.79 Å². The fourth-order valence-corrected chi connectivity index (χ4v) is 3.71. The Morgan fingerprint density at radius 3 is 2.83 bits per heavy atom.